The molecular formula is C17H14F2O. The Labute approximate surface area is 116 Å². The molecule has 0 fully saturated rings. The van der Waals surface area contributed by atoms with E-state index in [1.54, 1.807) is 6.08 Å². The molecule has 0 aromatic heterocycles. The van der Waals surface area contributed by atoms with Crippen molar-refractivity contribution in [3.05, 3.63) is 76.4 Å². The Morgan fingerprint density at radius 2 is 1.70 bits per heavy atom. The van der Waals surface area contributed by atoms with Crippen LogP contribution in [-0.4, -0.2) is 5.78 Å². The van der Waals surface area contributed by atoms with Crippen molar-refractivity contribution in [2.75, 3.05) is 0 Å². The van der Waals surface area contributed by atoms with Gasteiger partial charge in [-0.25, -0.2) is 8.78 Å². The van der Waals surface area contributed by atoms with Crippen molar-refractivity contribution >= 4 is 11.9 Å². The maximum Gasteiger partial charge on any atom is 0.191 e. The monoisotopic (exact) mass is 272 g/mol. The number of benzene rings is 2. The lowest BCUT2D eigenvalue weighted by Crippen LogP contribution is -2.02. The fraction of sp³-hybridized carbons (Fsp3) is 0.118. The smallest absolute Gasteiger partial charge is 0.191 e. The van der Waals surface area contributed by atoms with E-state index in [9.17, 15) is 13.6 Å². The van der Waals surface area contributed by atoms with Crippen LogP contribution in [0.3, 0.4) is 0 Å². The number of allylic oxidation sites excluding steroid dienone is 1. The number of carbonyl (C=O) groups is 1. The summed E-state index contributed by atoms with van der Waals surface area (Å²) in [5.41, 5.74) is 2.39. The molecule has 0 bridgehead atoms. The molecule has 0 atom stereocenters. The zero-order valence-electron chi connectivity index (χ0n) is 11.3. The van der Waals surface area contributed by atoms with Gasteiger partial charge in [-0.3, -0.25) is 4.79 Å². The summed E-state index contributed by atoms with van der Waals surface area (Å²) in [5, 5.41) is 0. The van der Waals surface area contributed by atoms with Gasteiger partial charge in [-0.2, -0.15) is 0 Å². The molecule has 0 spiro atoms. The van der Waals surface area contributed by atoms with E-state index in [4.69, 9.17) is 0 Å². The van der Waals surface area contributed by atoms with E-state index in [1.807, 2.05) is 32.0 Å². The molecular weight excluding hydrogens is 258 g/mol. The third kappa shape index (κ3) is 2.99. The van der Waals surface area contributed by atoms with Gasteiger partial charge >= 0.3 is 0 Å². The van der Waals surface area contributed by atoms with Gasteiger partial charge in [0.15, 0.2) is 5.78 Å². The van der Waals surface area contributed by atoms with Crippen LogP contribution >= 0.6 is 0 Å². The highest BCUT2D eigenvalue weighted by Gasteiger charge is 2.14. The topological polar surface area (TPSA) is 17.1 Å². The fourth-order valence-corrected chi connectivity index (χ4v) is 1.92. The average molecular weight is 272 g/mol. The second-order valence-electron chi connectivity index (χ2n) is 4.65. The Hall–Kier alpha value is -2.29. The first-order valence-electron chi connectivity index (χ1n) is 6.22. The van der Waals surface area contributed by atoms with Crippen LogP contribution in [0.1, 0.15) is 27.0 Å². The minimum atomic E-state index is -0.847. The van der Waals surface area contributed by atoms with E-state index >= 15 is 0 Å². The van der Waals surface area contributed by atoms with E-state index < -0.39 is 23.0 Å². The molecule has 2 aromatic carbocycles. The van der Waals surface area contributed by atoms with Crippen LogP contribution < -0.4 is 0 Å². The largest absolute Gasteiger partial charge is 0.289 e. The van der Waals surface area contributed by atoms with Crippen molar-refractivity contribution in [1.29, 1.82) is 0 Å². The van der Waals surface area contributed by atoms with Gasteiger partial charge in [0.05, 0.1) is 5.56 Å². The number of carbonyl (C=O) groups excluding carboxylic acids is 1. The Bertz CT molecular complexity index is 667. The van der Waals surface area contributed by atoms with Gasteiger partial charge in [-0.15, -0.1) is 0 Å². The Morgan fingerprint density at radius 1 is 1.05 bits per heavy atom. The van der Waals surface area contributed by atoms with Gasteiger partial charge < -0.3 is 0 Å². The number of rotatable bonds is 3. The summed E-state index contributed by atoms with van der Waals surface area (Å²) in [6.45, 7) is 3.85. The fourth-order valence-electron chi connectivity index (χ4n) is 1.92. The predicted molar refractivity (Wildman–Crippen MR) is 75.6 cm³/mol. The van der Waals surface area contributed by atoms with E-state index in [0.717, 1.165) is 28.8 Å². The van der Waals surface area contributed by atoms with Gasteiger partial charge in [0.2, 0.25) is 0 Å². The molecule has 3 heteroatoms. The summed E-state index contributed by atoms with van der Waals surface area (Å²) in [4.78, 5) is 11.9. The Kier molecular flexibility index (Phi) is 4.08. The van der Waals surface area contributed by atoms with Crippen molar-refractivity contribution in [3.8, 4) is 0 Å². The second kappa shape index (κ2) is 5.78. The van der Waals surface area contributed by atoms with E-state index in [-0.39, 0.29) is 0 Å². The molecule has 2 aromatic rings. The molecule has 20 heavy (non-hydrogen) atoms. The van der Waals surface area contributed by atoms with Gasteiger partial charge in [0.25, 0.3) is 0 Å². The number of hydrogen-bond donors (Lipinski definition) is 0. The summed E-state index contributed by atoms with van der Waals surface area (Å²) in [5.74, 6) is -2.37. The van der Waals surface area contributed by atoms with Crippen LogP contribution in [0.25, 0.3) is 6.08 Å². The molecule has 0 saturated carbocycles. The number of ketones is 1. The molecule has 0 amide bonds. The minimum absolute atomic E-state index is 0.519. The first-order chi connectivity index (χ1) is 9.49. The van der Waals surface area contributed by atoms with Crippen LogP contribution in [0.2, 0.25) is 0 Å². The molecule has 102 valence electrons. The van der Waals surface area contributed by atoms with Gasteiger partial charge in [0, 0.05) is 0 Å². The molecule has 0 aliphatic rings. The van der Waals surface area contributed by atoms with Crippen molar-refractivity contribution in [1.82, 2.24) is 0 Å². The summed E-state index contributed by atoms with van der Waals surface area (Å²) in [6.07, 6.45) is 2.78. The van der Waals surface area contributed by atoms with Crippen LogP contribution in [0.15, 0.2) is 42.5 Å². The molecule has 0 radical (unpaired) electrons. The lowest BCUT2D eigenvalue weighted by Gasteiger charge is -2.02. The van der Waals surface area contributed by atoms with E-state index in [2.05, 4.69) is 0 Å². The quantitative estimate of drug-likeness (QED) is 0.595. The summed E-state index contributed by atoms with van der Waals surface area (Å²) >= 11 is 0. The number of hydrogen-bond acceptors (Lipinski definition) is 1. The van der Waals surface area contributed by atoms with Crippen LogP contribution in [0.5, 0.6) is 0 Å². The van der Waals surface area contributed by atoms with Crippen LogP contribution in [0.4, 0.5) is 8.78 Å². The molecule has 0 heterocycles. The van der Waals surface area contributed by atoms with Crippen molar-refractivity contribution in [3.63, 3.8) is 0 Å². The average Bonchev–Trinajstić information content (AvgIpc) is 2.39. The van der Waals surface area contributed by atoms with Gasteiger partial charge in [-0.05, 0) is 43.2 Å². The highest BCUT2D eigenvalue weighted by molar-refractivity contribution is 6.07. The predicted octanol–water partition coefficient (Wildman–Crippen LogP) is 4.48. The highest BCUT2D eigenvalue weighted by Crippen LogP contribution is 2.16. The molecule has 1 nitrogen and oxygen atoms in total. The van der Waals surface area contributed by atoms with Crippen LogP contribution in [-0.2, 0) is 0 Å². The van der Waals surface area contributed by atoms with Crippen molar-refractivity contribution < 1.29 is 13.6 Å². The maximum absolute atomic E-state index is 13.5. The van der Waals surface area contributed by atoms with Gasteiger partial charge in [0.1, 0.15) is 11.6 Å². The second-order valence-corrected chi connectivity index (χ2v) is 4.65. The summed E-state index contributed by atoms with van der Waals surface area (Å²) < 4.78 is 27.0. The number of aryl methyl sites for hydroxylation is 2. The SMILES string of the molecule is Cc1ccc(C)c(/C=C/C(=O)c2c(F)cccc2F)c1. The first kappa shape index (κ1) is 14.1. The first-order valence-corrected chi connectivity index (χ1v) is 6.22. The number of halogens is 2. The maximum atomic E-state index is 13.5. The minimum Gasteiger partial charge on any atom is -0.289 e. The van der Waals surface area contributed by atoms with Crippen LogP contribution in [0, 0.1) is 25.5 Å². The molecule has 0 aliphatic carbocycles. The molecule has 2 rings (SSSR count). The van der Waals surface area contributed by atoms with E-state index in [1.165, 1.54) is 12.1 Å². The van der Waals surface area contributed by atoms with Crippen molar-refractivity contribution in [2.24, 2.45) is 0 Å². The van der Waals surface area contributed by atoms with Gasteiger partial charge in [-0.1, -0.05) is 35.9 Å². The summed E-state index contributed by atoms with van der Waals surface area (Å²) in [7, 11) is 0. The third-order valence-corrected chi connectivity index (χ3v) is 3.06. The summed E-state index contributed by atoms with van der Waals surface area (Å²) in [6, 6.07) is 9.19. The van der Waals surface area contributed by atoms with E-state index in [0.29, 0.717) is 0 Å². The normalized spacial score (nSPS) is 11.0. The lowest BCUT2D eigenvalue weighted by molar-refractivity contribution is 0.104. The standard InChI is InChI=1S/C17H14F2O/c1-11-6-7-12(2)13(10-11)8-9-16(20)17-14(18)4-3-5-15(17)19/h3-10H,1-2H3/b9-8+. The third-order valence-electron chi connectivity index (χ3n) is 3.06. The zero-order valence-corrected chi connectivity index (χ0v) is 11.3. The molecule has 0 saturated heterocycles. The Balaban J connectivity index is 2.32. The van der Waals surface area contributed by atoms with Crippen molar-refractivity contribution in [2.45, 2.75) is 13.8 Å². The molecule has 0 unspecified atom stereocenters. The highest BCUT2D eigenvalue weighted by atomic mass is 19.1. The Morgan fingerprint density at radius 3 is 2.35 bits per heavy atom. The zero-order chi connectivity index (χ0) is 14.7. The molecule has 0 N–H and O–H groups in total. The molecule has 0 aliphatic heterocycles. The lowest BCUT2D eigenvalue weighted by atomic mass is 10.0.